The summed E-state index contributed by atoms with van der Waals surface area (Å²) in [7, 11) is 0. The molecule has 43 heavy (non-hydrogen) atoms. The average Bonchev–Trinajstić information content (AvgIpc) is 3.50. The summed E-state index contributed by atoms with van der Waals surface area (Å²) in [5, 5.41) is 12.0. The molecule has 12 heteroatoms. The zero-order valence-electron chi connectivity index (χ0n) is 25.1. The molecule has 1 saturated heterocycles. The van der Waals surface area contributed by atoms with Crippen molar-refractivity contribution in [1.82, 2.24) is 25.1 Å². The van der Waals surface area contributed by atoms with Gasteiger partial charge in [0.05, 0.1) is 6.61 Å². The van der Waals surface area contributed by atoms with E-state index in [4.69, 9.17) is 9.47 Å². The maximum atomic E-state index is 13.5. The van der Waals surface area contributed by atoms with Gasteiger partial charge in [-0.1, -0.05) is 51.1 Å². The van der Waals surface area contributed by atoms with Gasteiger partial charge in [-0.2, -0.15) is 4.98 Å². The van der Waals surface area contributed by atoms with E-state index < -0.39 is 29.9 Å². The van der Waals surface area contributed by atoms with Crippen molar-refractivity contribution in [3.05, 3.63) is 42.1 Å². The van der Waals surface area contributed by atoms with Gasteiger partial charge in [-0.05, 0) is 37.5 Å². The zero-order valence-corrected chi connectivity index (χ0v) is 25.1. The number of carboxylic acid groups (broad SMARTS) is 1. The van der Waals surface area contributed by atoms with Crippen LogP contribution in [0.1, 0.15) is 69.8 Å². The molecule has 1 aliphatic heterocycles. The molecule has 0 spiro atoms. The Bertz CT molecular complexity index is 1280. The minimum atomic E-state index is -1.10. The highest BCUT2D eigenvalue weighted by Crippen LogP contribution is 2.25. The molecular weight excluding hydrogens is 554 g/mol. The topological polar surface area (TPSA) is 151 Å². The largest absolute Gasteiger partial charge is 0.481 e. The summed E-state index contributed by atoms with van der Waals surface area (Å²) in [6.45, 7) is 7.17. The highest BCUT2D eigenvalue weighted by molar-refractivity contribution is 5.96. The van der Waals surface area contributed by atoms with Crippen LogP contribution in [0.15, 0.2) is 36.4 Å². The number of carbonyl (C=O) groups is 4. The first-order valence-electron chi connectivity index (χ1n) is 14.8. The first kappa shape index (κ1) is 31.7. The number of carbonyl (C=O) groups excluding carboxylic acids is 3. The Morgan fingerprint density at radius 3 is 2.28 bits per heavy atom. The number of aromatic nitrogens is 2. The van der Waals surface area contributed by atoms with Gasteiger partial charge in [0.15, 0.2) is 5.82 Å². The first-order chi connectivity index (χ1) is 20.5. The summed E-state index contributed by atoms with van der Waals surface area (Å²) in [5.74, 6) is -1.56. The van der Waals surface area contributed by atoms with E-state index >= 15 is 0 Å². The fourth-order valence-corrected chi connectivity index (χ4v) is 4.95. The number of nitrogens with zero attached hydrogens (tertiary/aromatic N) is 4. The minimum absolute atomic E-state index is 0.00346. The third-order valence-electron chi connectivity index (χ3n) is 7.29. The summed E-state index contributed by atoms with van der Waals surface area (Å²) in [4.78, 5) is 62.9. The molecule has 1 saturated carbocycles. The number of carboxylic acids is 1. The lowest BCUT2D eigenvalue weighted by Gasteiger charge is -2.36. The van der Waals surface area contributed by atoms with Crippen molar-refractivity contribution in [2.75, 3.05) is 32.8 Å². The molecule has 1 unspecified atom stereocenters. The second-order valence-electron chi connectivity index (χ2n) is 12.2. The fourth-order valence-electron chi connectivity index (χ4n) is 4.95. The van der Waals surface area contributed by atoms with Gasteiger partial charge in [0, 0.05) is 44.2 Å². The van der Waals surface area contributed by atoms with Crippen molar-refractivity contribution >= 4 is 23.9 Å². The molecule has 2 N–H and O–H groups in total. The van der Waals surface area contributed by atoms with E-state index in [0.29, 0.717) is 11.4 Å². The Hall–Kier alpha value is -4.22. The van der Waals surface area contributed by atoms with Crippen LogP contribution in [-0.2, 0) is 14.3 Å². The number of piperazine rings is 1. The highest BCUT2D eigenvalue weighted by Gasteiger charge is 2.32. The van der Waals surface area contributed by atoms with Crippen LogP contribution in [0, 0.1) is 5.41 Å². The van der Waals surface area contributed by atoms with E-state index in [2.05, 4.69) is 15.3 Å². The number of nitrogens with one attached hydrogen (secondary N) is 1. The maximum Gasteiger partial charge on any atom is 0.409 e. The highest BCUT2D eigenvalue weighted by atomic mass is 16.6. The molecule has 1 aromatic heterocycles. The maximum absolute atomic E-state index is 13.5. The Balaban J connectivity index is 1.47. The summed E-state index contributed by atoms with van der Waals surface area (Å²) in [5.41, 5.74) is 0.546. The predicted molar refractivity (Wildman–Crippen MR) is 157 cm³/mol. The molecule has 1 aliphatic carbocycles. The summed E-state index contributed by atoms with van der Waals surface area (Å²) < 4.78 is 11.5. The Morgan fingerprint density at radius 2 is 1.65 bits per heavy atom. The van der Waals surface area contributed by atoms with Gasteiger partial charge in [0.25, 0.3) is 5.91 Å². The number of ether oxygens (including phenoxy) is 2. The minimum Gasteiger partial charge on any atom is -0.481 e. The summed E-state index contributed by atoms with van der Waals surface area (Å²) >= 11 is 0. The molecule has 2 aromatic rings. The van der Waals surface area contributed by atoms with Crippen molar-refractivity contribution in [3.8, 4) is 17.3 Å². The van der Waals surface area contributed by atoms with Gasteiger partial charge in [-0.3, -0.25) is 14.4 Å². The van der Waals surface area contributed by atoms with Gasteiger partial charge in [-0.25, -0.2) is 9.78 Å². The molecule has 1 atom stereocenters. The van der Waals surface area contributed by atoms with Crippen LogP contribution in [0.3, 0.4) is 0 Å². The molecule has 1 aromatic carbocycles. The average molecular weight is 596 g/mol. The molecule has 232 valence electrons. The molecule has 4 rings (SSSR count). The smallest absolute Gasteiger partial charge is 0.409 e. The standard InChI is InChI=1S/C31H41N5O7/c1-31(2,3)20-42-30(41)36-17-15-35(16-18-36)29(40)23(13-14-26(37)38)33-28(39)24-19-25(43-22-11-7-8-12-22)34-27(32-24)21-9-5-4-6-10-21/h4-6,9-10,19,22-23H,7-8,11-18,20H2,1-3H3,(H,33,39)(H,37,38). The van der Waals surface area contributed by atoms with E-state index in [0.717, 1.165) is 25.7 Å². The SMILES string of the molecule is CC(C)(C)COC(=O)N1CCN(C(=O)C(CCC(=O)O)NC(=O)c2cc(OC3CCCC3)nc(-c3ccccc3)n2)CC1. The first-order valence-corrected chi connectivity index (χ1v) is 14.8. The Labute approximate surface area is 251 Å². The zero-order chi connectivity index (χ0) is 31.0. The number of hydrogen-bond acceptors (Lipinski definition) is 8. The van der Waals surface area contributed by atoms with Crippen LogP contribution in [0.25, 0.3) is 11.4 Å². The Kier molecular flexibility index (Phi) is 10.5. The van der Waals surface area contributed by atoms with E-state index in [1.54, 1.807) is 0 Å². The summed E-state index contributed by atoms with van der Waals surface area (Å²) in [6.07, 6.45) is 3.08. The van der Waals surface area contributed by atoms with Gasteiger partial charge in [0.1, 0.15) is 17.8 Å². The second-order valence-corrected chi connectivity index (χ2v) is 12.2. The normalized spacial score (nSPS) is 16.4. The van der Waals surface area contributed by atoms with Crippen molar-refractivity contribution in [1.29, 1.82) is 0 Å². The van der Waals surface area contributed by atoms with Crippen molar-refractivity contribution in [3.63, 3.8) is 0 Å². The fraction of sp³-hybridized carbons (Fsp3) is 0.548. The van der Waals surface area contributed by atoms with Crippen LogP contribution >= 0.6 is 0 Å². The Morgan fingerprint density at radius 1 is 1.00 bits per heavy atom. The number of rotatable bonds is 10. The van der Waals surface area contributed by atoms with Crippen LogP contribution < -0.4 is 10.1 Å². The monoisotopic (exact) mass is 595 g/mol. The lowest BCUT2D eigenvalue weighted by molar-refractivity contribution is -0.138. The van der Waals surface area contributed by atoms with E-state index in [1.165, 1.54) is 15.9 Å². The number of aliphatic carboxylic acids is 1. The number of benzene rings is 1. The number of amides is 3. The van der Waals surface area contributed by atoms with Crippen molar-refractivity contribution in [2.45, 2.75) is 71.4 Å². The van der Waals surface area contributed by atoms with Gasteiger partial charge >= 0.3 is 12.1 Å². The third kappa shape index (κ3) is 9.39. The lowest BCUT2D eigenvalue weighted by atomic mass is 9.99. The van der Waals surface area contributed by atoms with Gasteiger partial charge < -0.3 is 29.7 Å². The van der Waals surface area contributed by atoms with Crippen LogP contribution in [0.4, 0.5) is 4.79 Å². The van der Waals surface area contributed by atoms with E-state index in [-0.39, 0.29) is 68.7 Å². The van der Waals surface area contributed by atoms with Crippen LogP contribution in [0.5, 0.6) is 5.88 Å². The van der Waals surface area contributed by atoms with Gasteiger partial charge in [-0.15, -0.1) is 0 Å². The predicted octanol–water partition coefficient (Wildman–Crippen LogP) is 3.76. The summed E-state index contributed by atoms with van der Waals surface area (Å²) in [6, 6.07) is 9.56. The molecule has 12 nitrogen and oxygen atoms in total. The molecule has 0 radical (unpaired) electrons. The van der Waals surface area contributed by atoms with Crippen LogP contribution in [-0.4, -0.2) is 93.7 Å². The molecule has 2 heterocycles. The lowest BCUT2D eigenvalue weighted by Crippen LogP contribution is -2.56. The second kappa shape index (κ2) is 14.3. The van der Waals surface area contributed by atoms with E-state index in [1.807, 2.05) is 51.1 Å². The quantitative estimate of drug-likeness (QED) is 0.418. The molecule has 2 aliphatic rings. The van der Waals surface area contributed by atoms with Gasteiger partial charge in [0.2, 0.25) is 11.8 Å². The molecule has 2 fully saturated rings. The molecule has 0 bridgehead atoms. The van der Waals surface area contributed by atoms with Crippen molar-refractivity contribution in [2.24, 2.45) is 5.41 Å². The molecule has 3 amide bonds. The molecular formula is C31H41N5O7. The van der Waals surface area contributed by atoms with Crippen molar-refractivity contribution < 1.29 is 33.8 Å². The van der Waals surface area contributed by atoms with E-state index in [9.17, 15) is 24.3 Å². The van der Waals surface area contributed by atoms with Crippen LogP contribution in [0.2, 0.25) is 0 Å². The third-order valence-corrected chi connectivity index (χ3v) is 7.29. The number of hydrogen-bond donors (Lipinski definition) is 2.